The minimum Gasteiger partial charge on any atom is -0.504 e. The molecule has 0 aromatic heterocycles. The van der Waals surface area contributed by atoms with Gasteiger partial charge in [-0.05, 0) is 36.6 Å². The first-order chi connectivity index (χ1) is 9.13. The number of hydrogen-bond donors (Lipinski definition) is 2. The maximum atomic E-state index is 11.7. The smallest absolute Gasteiger partial charge is 0.222 e. The van der Waals surface area contributed by atoms with E-state index >= 15 is 0 Å². The maximum absolute atomic E-state index is 11.7. The van der Waals surface area contributed by atoms with Gasteiger partial charge in [0.05, 0.1) is 7.11 Å². The Kier molecular flexibility index (Phi) is 4.27. The van der Waals surface area contributed by atoms with E-state index in [4.69, 9.17) is 10.5 Å². The quantitative estimate of drug-likeness (QED) is 0.823. The van der Waals surface area contributed by atoms with E-state index in [1.165, 1.54) is 7.11 Å². The highest BCUT2D eigenvalue weighted by atomic mass is 16.5. The summed E-state index contributed by atoms with van der Waals surface area (Å²) in [6, 6.07) is 5.32. The molecule has 1 atom stereocenters. The van der Waals surface area contributed by atoms with E-state index in [1.54, 1.807) is 12.1 Å². The molecule has 3 N–H and O–H groups in total. The van der Waals surface area contributed by atoms with Crippen molar-refractivity contribution < 1.29 is 14.6 Å². The van der Waals surface area contributed by atoms with E-state index in [-0.39, 0.29) is 17.6 Å². The Hall–Kier alpha value is -1.75. The number of aromatic hydroxyl groups is 1. The van der Waals surface area contributed by atoms with Crippen LogP contribution in [0.1, 0.15) is 12.0 Å². The van der Waals surface area contributed by atoms with E-state index in [0.29, 0.717) is 25.3 Å². The lowest BCUT2D eigenvalue weighted by Gasteiger charge is -2.16. The van der Waals surface area contributed by atoms with E-state index in [9.17, 15) is 9.90 Å². The van der Waals surface area contributed by atoms with Gasteiger partial charge in [-0.1, -0.05) is 6.07 Å². The van der Waals surface area contributed by atoms with Crippen molar-refractivity contribution in [1.29, 1.82) is 0 Å². The molecule has 0 saturated carbocycles. The number of benzene rings is 1. The fraction of sp³-hybridized carbons (Fsp3) is 0.500. The van der Waals surface area contributed by atoms with Gasteiger partial charge in [-0.3, -0.25) is 4.79 Å². The molecule has 1 aliphatic rings. The monoisotopic (exact) mass is 264 g/mol. The predicted molar refractivity (Wildman–Crippen MR) is 72.1 cm³/mol. The van der Waals surface area contributed by atoms with Crippen molar-refractivity contribution in [3.05, 3.63) is 23.8 Å². The third kappa shape index (κ3) is 3.17. The van der Waals surface area contributed by atoms with Gasteiger partial charge in [0.25, 0.3) is 0 Å². The van der Waals surface area contributed by atoms with Gasteiger partial charge in [-0.25, -0.2) is 0 Å². The minimum absolute atomic E-state index is 0.132. The van der Waals surface area contributed by atoms with Crippen LogP contribution in [0, 0.1) is 5.92 Å². The zero-order valence-corrected chi connectivity index (χ0v) is 11.1. The second kappa shape index (κ2) is 5.93. The highest BCUT2D eigenvalue weighted by molar-refractivity contribution is 5.78. The van der Waals surface area contributed by atoms with Crippen molar-refractivity contribution in [3.63, 3.8) is 0 Å². The molecule has 1 aromatic carbocycles. The Balaban J connectivity index is 1.92. The Morgan fingerprint density at radius 1 is 1.53 bits per heavy atom. The number of carbonyl (C=O) groups is 1. The number of carbonyl (C=O) groups excluding carboxylic acids is 1. The molecular weight excluding hydrogens is 244 g/mol. The summed E-state index contributed by atoms with van der Waals surface area (Å²) < 4.78 is 5.00. The molecule has 1 saturated heterocycles. The van der Waals surface area contributed by atoms with Crippen LogP contribution < -0.4 is 10.5 Å². The molecule has 1 unspecified atom stereocenters. The van der Waals surface area contributed by atoms with Gasteiger partial charge in [0, 0.05) is 19.5 Å². The Morgan fingerprint density at radius 2 is 2.32 bits per heavy atom. The third-order valence-corrected chi connectivity index (χ3v) is 3.54. The van der Waals surface area contributed by atoms with Crippen LogP contribution in [0.4, 0.5) is 0 Å². The van der Waals surface area contributed by atoms with E-state index in [1.807, 2.05) is 11.0 Å². The number of hydrogen-bond acceptors (Lipinski definition) is 4. The zero-order chi connectivity index (χ0) is 13.8. The molecule has 1 heterocycles. The van der Waals surface area contributed by atoms with Gasteiger partial charge in [0.1, 0.15) is 0 Å². The lowest BCUT2D eigenvalue weighted by Crippen LogP contribution is -2.28. The fourth-order valence-electron chi connectivity index (χ4n) is 2.38. The zero-order valence-electron chi connectivity index (χ0n) is 11.1. The first-order valence-corrected chi connectivity index (χ1v) is 6.47. The minimum atomic E-state index is 0.132. The van der Waals surface area contributed by atoms with Crippen LogP contribution in [0.2, 0.25) is 0 Å². The number of methoxy groups -OCH3 is 1. The molecule has 0 spiro atoms. The van der Waals surface area contributed by atoms with Gasteiger partial charge >= 0.3 is 0 Å². The van der Waals surface area contributed by atoms with Crippen LogP contribution in [-0.4, -0.2) is 42.7 Å². The van der Waals surface area contributed by atoms with Crippen molar-refractivity contribution >= 4 is 5.91 Å². The predicted octanol–water partition coefficient (Wildman–Crippen LogP) is 0.750. The number of phenolic OH excluding ortho intramolecular Hbond substituents is 1. The van der Waals surface area contributed by atoms with E-state index in [0.717, 1.165) is 18.5 Å². The summed E-state index contributed by atoms with van der Waals surface area (Å²) in [6.45, 7) is 1.98. The fourth-order valence-corrected chi connectivity index (χ4v) is 2.38. The SMILES string of the molecule is COc1ccc(CCN2CC(CN)CC2=O)cc1O. The summed E-state index contributed by atoms with van der Waals surface area (Å²) in [4.78, 5) is 13.6. The van der Waals surface area contributed by atoms with Crippen LogP contribution in [0.3, 0.4) is 0 Å². The Morgan fingerprint density at radius 3 is 2.89 bits per heavy atom. The molecule has 0 bridgehead atoms. The normalized spacial score (nSPS) is 18.9. The summed E-state index contributed by atoms with van der Waals surface area (Å²) in [6.07, 6.45) is 1.28. The number of phenols is 1. The molecule has 2 rings (SSSR count). The molecule has 5 nitrogen and oxygen atoms in total. The number of nitrogens with zero attached hydrogens (tertiary/aromatic N) is 1. The summed E-state index contributed by atoms with van der Waals surface area (Å²) in [5.74, 6) is 1.06. The van der Waals surface area contributed by atoms with Gasteiger partial charge in [-0.15, -0.1) is 0 Å². The van der Waals surface area contributed by atoms with Crippen molar-refractivity contribution in [3.8, 4) is 11.5 Å². The summed E-state index contributed by atoms with van der Waals surface area (Å²) >= 11 is 0. The van der Waals surface area contributed by atoms with Crippen LogP contribution in [0.15, 0.2) is 18.2 Å². The first kappa shape index (κ1) is 13.7. The lowest BCUT2D eigenvalue weighted by molar-refractivity contribution is -0.127. The van der Waals surface area contributed by atoms with E-state index < -0.39 is 0 Å². The maximum Gasteiger partial charge on any atom is 0.222 e. The lowest BCUT2D eigenvalue weighted by atomic mass is 10.1. The standard InChI is InChI=1S/C14H20N2O3/c1-19-13-3-2-10(6-12(13)17)4-5-16-9-11(8-15)7-14(16)18/h2-3,6,11,17H,4-5,7-9,15H2,1H3. The molecule has 1 aromatic rings. The van der Waals surface area contributed by atoms with E-state index in [2.05, 4.69) is 0 Å². The Bertz CT molecular complexity index is 462. The number of rotatable bonds is 5. The highest BCUT2D eigenvalue weighted by Gasteiger charge is 2.27. The van der Waals surface area contributed by atoms with Gasteiger partial charge in [-0.2, -0.15) is 0 Å². The summed E-state index contributed by atoms with van der Waals surface area (Å²) in [5, 5.41) is 9.69. The van der Waals surface area contributed by atoms with Crippen molar-refractivity contribution in [2.75, 3.05) is 26.7 Å². The molecule has 1 fully saturated rings. The highest BCUT2D eigenvalue weighted by Crippen LogP contribution is 2.26. The molecule has 5 heteroatoms. The average molecular weight is 264 g/mol. The van der Waals surface area contributed by atoms with Crippen LogP contribution in [-0.2, 0) is 11.2 Å². The number of nitrogens with two attached hydrogens (primary N) is 1. The molecule has 104 valence electrons. The molecule has 1 amide bonds. The van der Waals surface area contributed by atoms with Gasteiger partial charge in [0.15, 0.2) is 11.5 Å². The van der Waals surface area contributed by atoms with Crippen molar-refractivity contribution in [1.82, 2.24) is 4.90 Å². The molecule has 0 radical (unpaired) electrons. The topological polar surface area (TPSA) is 75.8 Å². The molecule has 1 aliphatic heterocycles. The third-order valence-electron chi connectivity index (χ3n) is 3.54. The van der Waals surface area contributed by atoms with Crippen molar-refractivity contribution in [2.45, 2.75) is 12.8 Å². The second-order valence-corrected chi connectivity index (χ2v) is 4.90. The number of ether oxygens (including phenoxy) is 1. The first-order valence-electron chi connectivity index (χ1n) is 6.47. The molecule has 0 aliphatic carbocycles. The largest absolute Gasteiger partial charge is 0.504 e. The molecule has 19 heavy (non-hydrogen) atoms. The van der Waals surface area contributed by atoms with Crippen LogP contribution in [0.5, 0.6) is 11.5 Å². The van der Waals surface area contributed by atoms with Crippen molar-refractivity contribution in [2.24, 2.45) is 11.7 Å². The summed E-state index contributed by atoms with van der Waals surface area (Å²) in [7, 11) is 1.52. The second-order valence-electron chi connectivity index (χ2n) is 4.90. The van der Waals surface area contributed by atoms with Gasteiger partial charge < -0.3 is 20.5 Å². The summed E-state index contributed by atoms with van der Waals surface area (Å²) in [5.41, 5.74) is 6.58. The van der Waals surface area contributed by atoms with Crippen LogP contribution >= 0.6 is 0 Å². The Labute approximate surface area is 113 Å². The number of likely N-dealkylation sites (tertiary alicyclic amines) is 1. The number of amides is 1. The van der Waals surface area contributed by atoms with Crippen LogP contribution in [0.25, 0.3) is 0 Å². The average Bonchev–Trinajstić information content (AvgIpc) is 2.77. The molecular formula is C14H20N2O3. The van der Waals surface area contributed by atoms with Gasteiger partial charge in [0.2, 0.25) is 5.91 Å².